The van der Waals surface area contributed by atoms with Crippen LogP contribution in [0.3, 0.4) is 0 Å². The summed E-state index contributed by atoms with van der Waals surface area (Å²) in [5, 5.41) is 10.9. The summed E-state index contributed by atoms with van der Waals surface area (Å²) < 4.78 is 39.8. The average molecular weight is 332 g/mol. The van der Waals surface area contributed by atoms with Gasteiger partial charge in [0.05, 0.1) is 9.73 Å². The van der Waals surface area contributed by atoms with E-state index in [-0.39, 0.29) is 4.90 Å². The minimum absolute atomic E-state index is 0.0361. The third kappa shape index (κ3) is 4.23. The van der Waals surface area contributed by atoms with Gasteiger partial charge >= 0.3 is 23.9 Å². The maximum absolute atomic E-state index is 11.9. The highest BCUT2D eigenvalue weighted by Crippen LogP contribution is 2.21. The third-order valence-corrected chi connectivity index (χ3v) is 7.08. The molecule has 10 heteroatoms. The predicted molar refractivity (Wildman–Crippen MR) is 77.1 cm³/mol. The van der Waals surface area contributed by atoms with Gasteiger partial charge in [-0.15, -0.1) is 0 Å². The zero-order valence-electron chi connectivity index (χ0n) is 12.1. The number of nitrogens with zero attached hydrogens (tertiary/aromatic N) is 2. The van der Waals surface area contributed by atoms with Crippen LogP contribution in [-0.4, -0.2) is 38.6 Å². The number of sulfonamides is 1. The molecule has 0 aliphatic heterocycles. The lowest BCUT2D eigenvalue weighted by Crippen LogP contribution is -2.43. The molecule has 0 atom stereocenters. The molecule has 0 aliphatic carbocycles. The van der Waals surface area contributed by atoms with Gasteiger partial charge in [0.2, 0.25) is 0 Å². The van der Waals surface area contributed by atoms with Crippen molar-refractivity contribution in [2.75, 3.05) is 21.3 Å². The Morgan fingerprint density at radius 3 is 2.29 bits per heavy atom. The van der Waals surface area contributed by atoms with Gasteiger partial charge in [-0.1, -0.05) is 18.2 Å². The summed E-state index contributed by atoms with van der Waals surface area (Å²) in [5.74, 6) is 0. The fourth-order valence-corrected chi connectivity index (χ4v) is 4.59. The van der Waals surface area contributed by atoms with E-state index in [1.807, 2.05) is 0 Å². The summed E-state index contributed by atoms with van der Waals surface area (Å²) in [6.07, 6.45) is 0.379. The number of benzene rings is 1. The van der Waals surface area contributed by atoms with Crippen LogP contribution in [0.1, 0.15) is 5.56 Å². The van der Waals surface area contributed by atoms with Gasteiger partial charge in [0.25, 0.3) is 5.39 Å². The maximum Gasteiger partial charge on any atom is 0.500 e. The number of hydrogen-bond acceptors (Lipinski definition) is 6. The van der Waals surface area contributed by atoms with Crippen molar-refractivity contribution in [1.82, 2.24) is 4.83 Å². The molecule has 116 valence electrons. The average Bonchev–Trinajstić information content (AvgIpc) is 2.49. The van der Waals surface area contributed by atoms with Crippen molar-refractivity contribution in [3.8, 4) is 0 Å². The molecule has 0 saturated carbocycles. The number of nitrogens with one attached hydrogen (secondary N) is 1. The first-order chi connectivity index (χ1) is 9.94. The molecule has 0 aliphatic rings. The Morgan fingerprint density at radius 2 is 1.76 bits per heavy atom. The van der Waals surface area contributed by atoms with Crippen molar-refractivity contribution < 1.29 is 21.7 Å². The molecular formula is C11H18N3O5SSi+. The van der Waals surface area contributed by atoms with E-state index >= 15 is 0 Å². The monoisotopic (exact) mass is 332 g/mol. The molecule has 0 heterocycles. The summed E-state index contributed by atoms with van der Waals surface area (Å²) in [6.45, 7) is 0. The first kappa shape index (κ1) is 17.5. The second-order valence-electron chi connectivity index (χ2n) is 4.10. The van der Waals surface area contributed by atoms with E-state index in [9.17, 15) is 8.42 Å². The van der Waals surface area contributed by atoms with E-state index in [0.29, 0.717) is 18.0 Å². The second-order valence-corrected chi connectivity index (χ2v) is 8.82. The summed E-state index contributed by atoms with van der Waals surface area (Å²) >= 11 is 0. The van der Waals surface area contributed by atoms with Crippen LogP contribution in [0.2, 0.25) is 6.04 Å². The second kappa shape index (κ2) is 7.48. The molecule has 21 heavy (non-hydrogen) atoms. The third-order valence-electron chi connectivity index (χ3n) is 3.06. The van der Waals surface area contributed by atoms with Gasteiger partial charge in [0.15, 0.2) is 0 Å². The standard InChI is InChI=1S/C11H18N3O5SSi/c1-17-21(18-2,19-3)9-8-10-6-4-5-7-11(10)20(15,16)14-13-12/h4-7,14H,8-9H2,1-3H3/q+1. The minimum atomic E-state index is -3.90. The lowest BCUT2D eigenvalue weighted by atomic mass is 10.2. The van der Waals surface area contributed by atoms with Gasteiger partial charge in [-0.05, 0) is 18.1 Å². The number of aryl methyl sites for hydroxylation is 1. The summed E-state index contributed by atoms with van der Waals surface area (Å²) in [5.41, 5.74) is 0.552. The topological polar surface area (TPSA) is 102 Å². The van der Waals surface area contributed by atoms with Crippen LogP contribution in [0.5, 0.6) is 0 Å². The molecule has 8 nitrogen and oxygen atoms in total. The fourth-order valence-electron chi connectivity index (χ4n) is 1.92. The minimum Gasteiger partial charge on any atom is -0.377 e. The molecule has 0 spiro atoms. The first-order valence-electron chi connectivity index (χ1n) is 6.04. The zero-order valence-corrected chi connectivity index (χ0v) is 13.9. The number of diazo groups is 1. The molecule has 0 radical (unpaired) electrons. The quantitative estimate of drug-likeness (QED) is 0.435. The van der Waals surface area contributed by atoms with E-state index in [4.69, 9.17) is 18.7 Å². The van der Waals surface area contributed by atoms with Crippen LogP contribution in [0.4, 0.5) is 0 Å². The van der Waals surface area contributed by atoms with Crippen LogP contribution in [0.15, 0.2) is 29.2 Å². The van der Waals surface area contributed by atoms with E-state index in [0.717, 1.165) is 0 Å². The van der Waals surface area contributed by atoms with Crippen molar-refractivity contribution in [3.05, 3.63) is 34.9 Å². The van der Waals surface area contributed by atoms with Gasteiger partial charge in [-0.25, -0.2) is 0 Å². The summed E-state index contributed by atoms with van der Waals surface area (Å²) in [4.78, 5) is 1.72. The van der Waals surface area contributed by atoms with Gasteiger partial charge < -0.3 is 13.3 Å². The van der Waals surface area contributed by atoms with Crippen molar-refractivity contribution in [2.24, 2.45) is 0 Å². The van der Waals surface area contributed by atoms with E-state index < -0.39 is 18.8 Å². The van der Waals surface area contributed by atoms with E-state index in [1.54, 1.807) is 23.0 Å². The zero-order chi connectivity index (χ0) is 15.9. The molecule has 1 rings (SSSR count). The molecule has 0 fully saturated rings. The highest BCUT2D eigenvalue weighted by atomic mass is 32.2. The van der Waals surface area contributed by atoms with Gasteiger partial charge in [-0.3, -0.25) is 0 Å². The molecule has 0 bridgehead atoms. The molecule has 0 amide bonds. The SMILES string of the molecule is CO[Si](CCc1ccccc1S(=O)(=O)N[N+]#N)(OC)OC. The number of hydrogen-bond donors (Lipinski definition) is 1. The van der Waals surface area contributed by atoms with Gasteiger partial charge in [0, 0.05) is 27.4 Å². The van der Waals surface area contributed by atoms with Crippen LogP contribution in [0.25, 0.3) is 5.08 Å². The Morgan fingerprint density at radius 1 is 1.19 bits per heavy atom. The summed E-state index contributed by atoms with van der Waals surface area (Å²) in [7, 11) is -2.21. The Kier molecular flexibility index (Phi) is 6.25. The number of rotatable bonds is 8. The molecule has 1 aromatic rings. The molecule has 1 N–H and O–H groups in total. The smallest absolute Gasteiger partial charge is 0.377 e. The molecule has 0 saturated heterocycles. The molecule has 0 unspecified atom stereocenters. The lowest BCUT2D eigenvalue weighted by molar-refractivity contribution is 0.123. The molecular weight excluding hydrogens is 314 g/mol. The van der Waals surface area contributed by atoms with E-state index in [1.165, 1.54) is 27.4 Å². The molecule has 1 aromatic carbocycles. The largest absolute Gasteiger partial charge is 0.500 e. The molecule has 0 aromatic heterocycles. The summed E-state index contributed by atoms with van der Waals surface area (Å²) in [6, 6.07) is 6.83. The van der Waals surface area contributed by atoms with Crippen LogP contribution < -0.4 is 4.83 Å². The van der Waals surface area contributed by atoms with Crippen LogP contribution in [-0.2, 0) is 29.7 Å². The van der Waals surface area contributed by atoms with Crippen molar-refractivity contribution >= 4 is 18.8 Å². The lowest BCUT2D eigenvalue weighted by Gasteiger charge is -2.24. The normalized spacial score (nSPS) is 11.9. The highest BCUT2D eigenvalue weighted by molar-refractivity contribution is 7.89. The Labute approximate surface area is 125 Å². The van der Waals surface area contributed by atoms with Crippen molar-refractivity contribution in [3.63, 3.8) is 0 Å². The highest BCUT2D eigenvalue weighted by Gasteiger charge is 2.37. The van der Waals surface area contributed by atoms with Crippen molar-refractivity contribution in [2.45, 2.75) is 17.4 Å². The van der Waals surface area contributed by atoms with Crippen molar-refractivity contribution in [1.29, 1.82) is 5.39 Å². The Bertz CT molecular complexity index is 604. The predicted octanol–water partition coefficient (Wildman–Crippen LogP) is 1.15. The Hall–Kier alpha value is -1.51. The Balaban J connectivity index is 3.04. The first-order valence-corrected chi connectivity index (χ1v) is 9.45. The van der Waals surface area contributed by atoms with Crippen LogP contribution in [0, 0.1) is 5.39 Å². The van der Waals surface area contributed by atoms with Crippen LogP contribution >= 0.6 is 0 Å². The van der Waals surface area contributed by atoms with Gasteiger partial charge in [-0.2, -0.15) is 8.42 Å². The maximum atomic E-state index is 11.9. The van der Waals surface area contributed by atoms with E-state index in [2.05, 4.69) is 5.08 Å². The fraction of sp³-hybridized carbons (Fsp3) is 0.455. The van der Waals surface area contributed by atoms with Gasteiger partial charge in [0.1, 0.15) is 0 Å².